The molecule has 0 aromatic heterocycles. The maximum absolute atomic E-state index is 12.7. The Morgan fingerprint density at radius 1 is 1.22 bits per heavy atom. The Morgan fingerprint density at radius 3 is 2.48 bits per heavy atom. The van der Waals surface area contributed by atoms with Crippen LogP contribution >= 0.6 is 0 Å². The number of hydrogen-bond acceptors (Lipinski definition) is 3. The number of rotatable bonds is 8. The lowest BCUT2D eigenvalue weighted by molar-refractivity contribution is -0.138. The second-order valence-corrected chi connectivity index (χ2v) is 7.61. The number of guanidine groups is 1. The van der Waals surface area contributed by atoms with E-state index < -0.39 is 6.10 Å². The third-order valence-corrected chi connectivity index (χ3v) is 5.12. The molecule has 1 saturated carbocycles. The molecule has 3 N–H and O–H groups in total. The van der Waals surface area contributed by atoms with Crippen LogP contribution in [0.25, 0.3) is 0 Å². The molecule has 27 heavy (non-hydrogen) atoms. The molecule has 0 aliphatic heterocycles. The van der Waals surface area contributed by atoms with E-state index >= 15 is 0 Å². The minimum Gasteiger partial charge on any atom is -0.391 e. The molecule has 1 atom stereocenters. The van der Waals surface area contributed by atoms with Gasteiger partial charge in [-0.05, 0) is 25.3 Å². The van der Waals surface area contributed by atoms with E-state index in [1.54, 1.807) is 4.90 Å². The van der Waals surface area contributed by atoms with Gasteiger partial charge in [-0.3, -0.25) is 9.79 Å². The molecule has 1 aromatic carbocycles. The van der Waals surface area contributed by atoms with Crippen molar-refractivity contribution in [2.45, 2.75) is 45.1 Å². The molecule has 0 saturated heterocycles. The Bertz CT molecular complexity index is 610. The minimum absolute atomic E-state index is 0.170. The van der Waals surface area contributed by atoms with Gasteiger partial charge in [0.15, 0.2) is 5.96 Å². The van der Waals surface area contributed by atoms with Gasteiger partial charge in [-0.1, -0.05) is 43.2 Å². The van der Waals surface area contributed by atoms with Crippen LogP contribution in [0.4, 0.5) is 0 Å². The molecule has 6 heteroatoms. The fraction of sp³-hybridized carbons (Fsp3) is 0.619. The van der Waals surface area contributed by atoms with Gasteiger partial charge in [-0.25, -0.2) is 0 Å². The maximum Gasteiger partial charge on any atom is 0.230 e. The summed E-state index contributed by atoms with van der Waals surface area (Å²) in [5, 5.41) is 16.7. The van der Waals surface area contributed by atoms with E-state index in [1.165, 1.54) is 0 Å². The van der Waals surface area contributed by atoms with E-state index in [4.69, 9.17) is 0 Å². The number of hydrogen-bond donors (Lipinski definition) is 3. The van der Waals surface area contributed by atoms with Crippen molar-refractivity contribution >= 4 is 11.9 Å². The first-order valence-corrected chi connectivity index (χ1v) is 9.93. The molecule has 6 nitrogen and oxygen atoms in total. The summed E-state index contributed by atoms with van der Waals surface area (Å²) in [6, 6.07) is 9.95. The number of nitrogens with zero attached hydrogens (tertiary/aromatic N) is 2. The van der Waals surface area contributed by atoms with Gasteiger partial charge >= 0.3 is 0 Å². The predicted octanol–water partition coefficient (Wildman–Crippen LogP) is 1.79. The lowest BCUT2D eigenvalue weighted by atomic mass is 9.85. The summed E-state index contributed by atoms with van der Waals surface area (Å²) in [4.78, 5) is 19.1. The fourth-order valence-corrected chi connectivity index (χ4v) is 3.71. The second kappa shape index (κ2) is 10.3. The van der Waals surface area contributed by atoms with Crippen molar-refractivity contribution in [2.24, 2.45) is 10.4 Å². The summed E-state index contributed by atoms with van der Waals surface area (Å²) in [5.41, 5.74) is 0.726. The van der Waals surface area contributed by atoms with Gasteiger partial charge in [0, 0.05) is 33.6 Å². The van der Waals surface area contributed by atoms with Gasteiger partial charge < -0.3 is 20.6 Å². The predicted molar refractivity (Wildman–Crippen MR) is 110 cm³/mol. The number of aliphatic hydroxyl groups is 1. The normalized spacial score (nSPS) is 17.4. The van der Waals surface area contributed by atoms with Crippen molar-refractivity contribution in [3.63, 3.8) is 0 Å². The minimum atomic E-state index is -0.500. The quantitative estimate of drug-likeness (QED) is 0.479. The number of aliphatic hydroxyl groups excluding tert-OH is 1. The van der Waals surface area contributed by atoms with Crippen LogP contribution in [0.3, 0.4) is 0 Å². The maximum atomic E-state index is 12.7. The number of carbonyl (C=O) groups is 1. The average Bonchev–Trinajstić information content (AvgIpc) is 3.14. The number of benzene rings is 1. The smallest absolute Gasteiger partial charge is 0.230 e. The van der Waals surface area contributed by atoms with Crippen LogP contribution in [-0.4, -0.2) is 61.7 Å². The summed E-state index contributed by atoms with van der Waals surface area (Å²) < 4.78 is 0. The Hall–Kier alpha value is -2.08. The van der Waals surface area contributed by atoms with E-state index in [0.717, 1.165) is 37.8 Å². The van der Waals surface area contributed by atoms with Gasteiger partial charge in [0.1, 0.15) is 0 Å². The third-order valence-electron chi connectivity index (χ3n) is 5.12. The standard InChI is InChI=1S/C21H34N4O2/c1-4-22-20(23-15-18(26)14-17-10-6-5-7-11-17)24-16-21(12-8-9-13-21)19(27)25(2)3/h5-7,10-11,18,26H,4,8-9,12-16H2,1-3H3,(H2,22,23,24). The number of carbonyl (C=O) groups excluding carboxylic acids is 1. The Balaban J connectivity index is 1.95. The Morgan fingerprint density at radius 2 is 1.89 bits per heavy atom. The van der Waals surface area contributed by atoms with Crippen molar-refractivity contribution in [3.8, 4) is 0 Å². The molecule has 1 fully saturated rings. The molecule has 1 unspecified atom stereocenters. The SMILES string of the molecule is CCNC(=NCC1(C(=O)N(C)C)CCCC1)NCC(O)Cc1ccccc1. The van der Waals surface area contributed by atoms with E-state index in [2.05, 4.69) is 15.6 Å². The first kappa shape index (κ1) is 21.2. The number of amides is 1. The monoisotopic (exact) mass is 374 g/mol. The van der Waals surface area contributed by atoms with Gasteiger partial charge in [0.25, 0.3) is 0 Å². The topological polar surface area (TPSA) is 77.0 Å². The fourth-order valence-electron chi connectivity index (χ4n) is 3.71. The number of aliphatic imine (C=N–C) groups is 1. The molecule has 2 rings (SSSR count). The molecule has 1 aromatic rings. The highest BCUT2D eigenvalue weighted by Crippen LogP contribution is 2.39. The highest BCUT2D eigenvalue weighted by molar-refractivity contribution is 5.84. The van der Waals surface area contributed by atoms with Gasteiger partial charge in [0.05, 0.1) is 18.1 Å². The highest BCUT2D eigenvalue weighted by Gasteiger charge is 2.42. The lowest BCUT2D eigenvalue weighted by Gasteiger charge is -2.29. The van der Waals surface area contributed by atoms with E-state index in [9.17, 15) is 9.90 Å². The van der Waals surface area contributed by atoms with Crippen LogP contribution in [0.2, 0.25) is 0 Å². The summed E-state index contributed by atoms with van der Waals surface area (Å²) in [5.74, 6) is 0.825. The van der Waals surface area contributed by atoms with E-state index in [1.807, 2.05) is 51.4 Å². The molecule has 0 spiro atoms. The molecule has 1 amide bonds. The highest BCUT2D eigenvalue weighted by atomic mass is 16.3. The van der Waals surface area contributed by atoms with Crippen LogP contribution in [0.1, 0.15) is 38.2 Å². The Labute approximate surface area is 163 Å². The first-order valence-electron chi connectivity index (χ1n) is 9.93. The van der Waals surface area contributed by atoms with Crippen LogP contribution in [0.5, 0.6) is 0 Å². The molecule has 1 aliphatic rings. The van der Waals surface area contributed by atoms with Crippen molar-refractivity contribution in [3.05, 3.63) is 35.9 Å². The van der Waals surface area contributed by atoms with Crippen LogP contribution in [0, 0.1) is 5.41 Å². The first-order chi connectivity index (χ1) is 13.0. The molecular weight excluding hydrogens is 340 g/mol. The number of nitrogens with one attached hydrogen (secondary N) is 2. The summed E-state index contributed by atoms with van der Waals surface area (Å²) >= 11 is 0. The van der Waals surface area contributed by atoms with Crippen molar-refractivity contribution < 1.29 is 9.90 Å². The molecular formula is C21H34N4O2. The lowest BCUT2D eigenvalue weighted by Crippen LogP contribution is -2.44. The zero-order valence-electron chi connectivity index (χ0n) is 16.9. The van der Waals surface area contributed by atoms with Crippen molar-refractivity contribution in [1.29, 1.82) is 0 Å². The van der Waals surface area contributed by atoms with Gasteiger partial charge in [0.2, 0.25) is 5.91 Å². The molecule has 1 aliphatic carbocycles. The van der Waals surface area contributed by atoms with Crippen LogP contribution < -0.4 is 10.6 Å². The largest absolute Gasteiger partial charge is 0.391 e. The molecule has 0 bridgehead atoms. The molecule has 0 radical (unpaired) electrons. The van der Waals surface area contributed by atoms with E-state index in [0.29, 0.717) is 25.5 Å². The van der Waals surface area contributed by atoms with Crippen molar-refractivity contribution in [1.82, 2.24) is 15.5 Å². The zero-order valence-corrected chi connectivity index (χ0v) is 16.9. The van der Waals surface area contributed by atoms with Gasteiger partial charge in [-0.2, -0.15) is 0 Å². The summed E-state index contributed by atoms with van der Waals surface area (Å²) in [6.45, 7) is 3.63. The third kappa shape index (κ3) is 6.24. The van der Waals surface area contributed by atoms with Crippen LogP contribution in [-0.2, 0) is 11.2 Å². The molecule has 0 heterocycles. The van der Waals surface area contributed by atoms with Crippen LogP contribution in [0.15, 0.2) is 35.3 Å². The average molecular weight is 375 g/mol. The summed E-state index contributed by atoms with van der Waals surface area (Å²) in [7, 11) is 3.63. The second-order valence-electron chi connectivity index (χ2n) is 7.61. The van der Waals surface area contributed by atoms with Gasteiger partial charge in [-0.15, -0.1) is 0 Å². The van der Waals surface area contributed by atoms with Crippen molar-refractivity contribution in [2.75, 3.05) is 33.7 Å². The van der Waals surface area contributed by atoms with E-state index in [-0.39, 0.29) is 11.3 Å². The Kier molecular flexibility index (Phi) is 8.10. The zero-order chi connectivity index (χ0) is 19.7. The molecule has 150 valence electrons. The summed E-state index contributed by atoms with van der Waals surface area (Å²) in [6.07, 6.45) is 4.03.